The van der Waals surface area contributed by atoms with E-state index in [1.807, 2.05) is 11.8 Å². The summed E-state index contributed by atoms with van der Waals surface area (Å²) in [7, 11) is 0. The molecule has 2 aliphatic heterocycles. The lowest BCUT2D eigenvalue weighted by Crippen LogP contribution is -2.50. The summed E-state index contributed by atoms with van der Waals surface area (Å²) in [6.45, 7) is 8.39. The number of hydrogen-bond donors (Lipinski definition) is 0. The highest BCUT2D eigenvalue weighted by Gasteiger charge is 2.23. The summed E-state index contributed by atoms with van der Waals surface area (Å²) in [5.74, 6) is 0.313. The van der Waals surface area contributed by atoms with Crippen LogP contribution in [0.25, 0.3) is 0 Å². The molecule has 3 rings (SSSR count). The molecule has 5 nitrogen and oxygen atoms in total. The quantitative estimate of drug-likeness (QED) is 0.850. The van der Waals surface area contributed by atoms with Crippen molar-refractivity contribution in [2.45, 2.75) is 26.2 Å². The van der Waals surface area contributed by atoms with Gasteiger partial charge in [-0.2, -0.15) is 0 Å². The van der Waals surface area contributed by atoms with Crippen molar-refractivity contribution in [1.82, 2.24) is 14.8 Å². The molecule has 1 amide bonds. The second-order valence-electron chi connectivity index (χ2n) is 5.98. The van der Waals surface area contributed by atoms with Crippen LogP contribution in [0.2, 0.25) is 0 Å². The van der Waals surface area contributed by atoms with E-state index < -0.39 is 0 Å². The average molecular weight is 308 g/mol. The molecule has 0 N–H and O–H groups in total. The number of rotatable bonds is 3. The number of amides is 1. The number of anilines is 1. The van der Waals surface area contributed by atoms with Gasteiger partial charge in [-0.1, -0.05) is 0 Å². The van der Waals surface area contributed by atoms with Gasteiger partial charge in [0.2, 0.25) is 5.91 Å². The van der Waals surface area contributed by atoms with Crippen LogP contribution < -0.4 is 4.90 Å². The van der Waals surface area contributed by atoms with Crippen LogP contribution >= 0.6 is 11.3 Å². The Labute approximate surface area is 130 Å². The van der Waals surface area contributed by atoms with Crippen molar-refractivity contribution in [3.05, 3.63) is 11.1 Å². The van der Waals surface area contributed by atoms with Gasteiger partial charge in [-0.25, -0.2) is 4.98 Å². The molecule has 0 saturated carbocycles. The smallest absolute Gasteiger partial charge is 0.236 e. The minimum absolute atomic E-state index is 0.313. The normalized spacial score (nSPS) is 20.8. The number of piperidine rings is 1. The number of aromatic nitrogens is 1. The van der Waals surface area contributed by atoms with Gasteiger partial charge in [-0.05, 0) is 26.2 Å². The van der Waals surface area contributed by atoms with Gasteiger partial charge in [0.25, 0.3) is 0 Å². The maximum atomic E-state index is 12.3. The number of aryl methyl sites for hydroxylation is 1. The molecular formula is C15H24N4OS. The van der Waals surface area contributed by atoms with Gasteiger partial charge in [0, 0.05) is 44.6 Å². The molecule has 116 valence electrons. The topological polar surface area (TPSA) is 39.7 Å². The minimum Gasteiger partial charge on any atom is -0.346 e. The maximum Gasteiger partial charge on any atom is 0.236 e. The van der Waals surface area contributed by atoms with E-state index in [0.29, 0.717) is 12.5 Å². The SMILES string of the molecule is Cc1csc(N2CCN(CC(=O)N3CCCCC3)CC2)n1. The maximum absolute atomic E-state index is 12.3. The van der Waals surface area contributed by atoms with E-state index in [1.54, 1.807) is 11.3 Å². The second kappa shape index (κ2) is 6.75. The van der Waals surface area contributed by atoms with E-state index in [0.717, 1.165) is 50.1 Å². The Morgan fingerprint density at radius 1 is 1.14 bits per heavy atom. The monoisotopic (exact) mass is 308 g/mol. The Morgan fingerprint density at radius 3 is 2.48 bits per heavy atom. The van der Waals surface area contributed by atoms with Gasteiger partial charge in [-0.3, -0.25) is 9.69 Å². The standard InChI is InChI=1S/C15H24N4OS/c1-13-12-21-15(16-13)19-9-7-17(8-10-19)11-14(20)18-5-3-2-4-6-18/h12H,2-11H2,1H3. The predicted octanol–water partition coefficient (Wildman–Crippen LogP) is 1.59. The fourth-order valence-corrected chi connectivity index (χ4v) is 3.88. The van der Waals surface area contributed by atoms with Crippen molar-refractivity contribution in [2.75, 3.05) is 50.7 Å². The first-order valence-electron chi connectivity index (χ1n) is 7.89. The summed E-state index contributed by atoms with van der Waals surface area (Å²) in [6.07, 6.45) is 3.61. The van der Waals surface area contributed by atoms with Crippen molar-refractivity contribution >= 4 is 22.4 Å². The Hall–Kier alpha value is -1.14. The van der Waals surface area contributed by atoms with Crippen LogP contribution in [-0.2, 0) is 4.79 Å². The number of nitrogens with zero attached hydrogens (tertiary/aromatic N) is 4. The summed E-state index contributed by atoms with van der Waals surface area (Å²) in [4.78, 5) is 23.5. The van der Waals surface area contributed by atoms with Crippen molar-refractivity contribution in [1.29, 1.82) is 0 Å². The zero-order chi connectivity index (χ0) is 14.7. The number of carbonyl (C=O) groups is 1. The van der Waals surface area contributed by atoms with Crippen LogP contribution in [0.1, 0.15) is 25.0 Å². The number of piperazine rings is 1. The first kappa shape index (κ1) is 14.8. The number of carbonyl (C=O) groups excluding carboxylic acids is 1. The van der Waals surface area contributed by atoms with Gasteiger partial charge in [0.05, 0.1) is 12.2 Å². The summed E-state index contributed by atoms with van der Waals surface area (Å²) in [5.41, 5.74) is 1.10. The molecule has 0 aliphatic carbocycles. The number of thiazole rings is 1. The number of likely N-dealkylation sites (tertiary alicyclic amines) is 1. The van der Waals surface area contributed by atoms with Crippen LogP contribution in [0.3, 0.4) is 0 Å². The Morgan fingerprint density at radius 2 is 1.86 bits per heavy atom. The zero-order valence-electron chi connectivity index (χ0n) is 12.8. The summed E-state index contributed by atoms with van der Waals surface area (Å²) in [6, 6.07) is 0. The van der Waals surface area contributed by atoms with E-state index in [9.17, 15) is 4.79 Å². The summed E-state index contributed by atoms with van der Waals surface area (Å²) >= 11 is 1.72. The number of hydrogen-bond acceptors (Lipinski definition) is 5. The highest BCUT2D eigenvalue weighted by atomic mass is 32.1. The Bertz CT molecular complexity index is 476. The third kappa shape index (κ3) is 3.74. The highest BCUT2D eigenvalue weighted by molar-refractivity contribution is 7.13. The Kier molecular flexibility index (Phi) is 4.75. The minimum atomic E-state index is 0.313. The molecule has 0 unspecified atom stereocenters. The van der Waals surface area contributed by atoms with Crippen LogP contribution in [-0.4, -0.2) is 66.5 Å². The van der Waals surface area contributed by atoms with E-state index in [4.69, 9.17) is 0 Å². The van der Waals surface area contributed by atoms with Crippen LogP contribution in [0.4, 0.5) is 5.13 Å². The second-order valence-corrected chi connectivity index (χ2v) is 6.81. The Balaban J connectivity index is 1.46. The summed E-state index contributed by atoms with van der Waals surface area (Å²) in [5, 5.41) is 3.22. The molecule has 21 heavy (non-hydrogen) atoms. The molecule has 0 atom stereocenters. The first-order valence-corrected chi connectivity index (χ1v) is 8.77. The van der Waals surface area contributed by atoms with Gasteiger partial charge in [-0.15, -0.1) is 11.3 Å². The van der Waals surface area contributed by atoms with Crippen molar-refractivity contribution in [3.63, 3.8) is 0 Å². The molecule has 3 heterocycles. The molecule has 0 bridgehead atoms. The van der Waals surface area contributed by atoms with E-state index in [1.165, 1.54) is 19.3 Å². The summed E-state index contributed by atoms with van der Waals surface area (Å²) < 4.78 is 0. The molecular weight excluding hydrogens is 284 g/mol. The molecule has 2 saturated heterocycles. The molecule has 0 radical (unpaired) electrons. The van der Waals surface area contributed by atoms with Crippen LogP contribution in [0.15, 0.2) is 5.38 Å². The van der Waals surface area contributed by atoms with E-state index in [2.05, 4.69) is 20.2 Å². The molecule has 1 aromatic heterocycles. The van der Waals surface area contributed by atoms with Gasteiger partial charge >= 0.3 is 0 Å². The zero-order valence-corrected chi connectivity index (χ0v) is 13.6. The molecule has 2 aliphatic rings. The third-order valence-electron chi connectivity index (χ3n) is 4.32. The van der Waals surface area contributed by atoms with Crippen LogP contribution in [0, 0.1) is 6.92 Å². The first-order chi connectivity index (χ1) is 10.2. The largest absolute Gasteiger partial charge is 0.346 e. The third-order valence-corrected chi connectivity index (χ3v) is 5.34. The van der Waals surface area contributed by atoms with E-state index in [-0.39, 0.29) is 0 Å². The molecule has 0 aromatic carbocycles. The lowest BCUT2D eigenvalue weighted by atomic mass is 10.1. The molecule has 6 heteroatoms. The molecule has 2 fully saturated rings. The van der Waals surface area contributed by atoms with Gasteiger partial charge in [0.1, 0.15) is 0 Å². The van der Waals surface area contributed by atoms with Crippen molar-refractivity contribution in [3.8, 4) is 0 Å². The lowest BCUT2D eigenvalue weighted by molar-refractivity contribution is -0.133. The van der Waals surface area contributed by atoms with Gasteiger partial charge in [0.15, 0.2) is 5.13 Å². The van der Waals surface area contributed by atoms with E-state index >= 15 is 0 Å². The van der Waals surface area contributed by atoms with Crippen molar-refractivity contribution < 1.29 is 4.79 Å². The highest BCUT2D eigenvalue weighted by Crippen LogP contribution is 2.21. The van der Waals surface area contributed by atoms with Gasteiger partial charge < -0.3 is 9.80 Å². The fraction of sp³-hybridized carbons (Fsp3) is 0.733. The molecule has 0 spiro atoms. The van der Waals surface area contributed by atoms with Crippen molar-refractivity contribution in [2.24, 2.45) is 0 Å². The predicted molar refractivity (Wildman–Crippen MR) is 85.9 cm³/mol. The average Bonchev–Trinajstić information content (AvgIpc) is 2.95. The lowest BCUT2D eigenvalue weighted by Gasteiger charge is -2.35. The fourth-order valence-electron chi connectivity index (χ4n) is 3.02. The van der Waals surface area contributed by atoms with Crippen LogP contribution in [0.5, 0.6) is 0 Å². The molecule has 1 aromatic rings.